The van der Waals surface area contributed by atoms with Crippen LogP contribution < -0.4 is 11.1 Å². The second-order valence-corrected chi connectivity index (χ2v) is 7.30. The zero-order chi connectivity index (χ0) is 21.3. The topological polar surface area (TPSA) is 53.6 Å². The maximum absolute atomic E-state index is 13.5. The van der Waals surface area contributed by atoms with Crippen molar-refractivity contribution in [2.75, 3.05) is 26.2 Å². The molecule has 1 aromatic rings. The number of nitrogens with two attached hydrogens (primary N) is 1. The molecule has 7 heteroatoms. The molecule has 0 saturated carbocycles. The lowest BCUT2D eigenvalue weighted by Crippen LogP contribution is -2.45. The van der Waals surface area contributed by atoms with Crippen molar-refractivity contribution in [2.24, 2.45) is 10.7 Å². The first-order valence-corrected chi connectivity index (χ1v) is 10.0. The maximum Gasteiger partial charge on any atom is 0.418 e. The van der Waals surface area contributed by atoms with E-state index in [0.717, 1.165) is 31.9 Å². The molecule has 0 unspecified atom stereocenters. The second kappa shape index (κ2) is 11.3. The monoisotopic (exact) mass is 408 g/mol. The third-order valence-corrected chi connectivity index (χ3v) is 5.09. The summed E-state index contributed by atoms with van der Waals surface area (Å²) in [6, 6.07) is 8.44. The molecule has 2 rings (SSSR count). The molecule has 160 valence electrons. The Hall–Kier alpha value is -1.96. The predicted octanol–water partition coefficient (Wildman–Crippen LogP) is 3.83. The van der Waals surface area contributed by atoms with Crippen LogP contribution in [0.25, 0.3) is 0 Å². The van der Waals surface area contributed by atoms with E-state index in [1.807, 2.05) is 17.0 Å². The number of benzene rings is 1. The van der Waals surface area contributed by atoms with E-state index in [0.29, 0.717) is 19.6 Å². The summed E-state index contributed by atoms with van der Waals surface area (Å²) in [4.78, 5) is 5.77. The molecule has 0 aliphatic carbocycles. The van der Waals surface area contributed by atoms with Crippen molar-refractivity contribution in [3.8, 4) is 0 Å². The fourth-order valence-electron chi connectivity index (χ4n) is 3.63. The van der Waals surface area contributed by atoms with Gasteiger partial charge in [0.25, 0.3) is 0 Å². The van der Waals surface area contributed by atoms with Crippen molar-refractivity contribution >= 4 is 6.72 Å². The molecule has 1 heterocycles. The van der Waals surface area contributed by atoms with Crippen LogP contribution in [0.5, 0.6) is 0 Å². The van der Waals surface area contributed by atoms with E-state index in [-0.39, 0.29) is 18.3 Å². The summed E-state index contributed by atoms with van der Waals surface area (Å²) in [6.07, 6.45) is 0.497. The zero-order valence-corrected chi connectivity index (χ0v) is 17.0. The van der Waals surface area contributed by atoms with Crippen LogP contribution >= 0.6 is 0 Å². The molecule has 29 heavy (non-hydrogen) atoms. The van der Waals surface area contributed by atoms with Crippen LogP contribution in [0.4, 0.5) is 13.2 Å². The van der Waals surface area contributed by atoms with E-state index in [2.05, 4.69) is 29.2 Å². The molecule has 1 atom stereocenters. The van der Waals surface area contributed by atoms with Crippen LogP contribution in [0, 0.1) is 0 Å². The van der Waals surface area contributed by atoms with Gasteiger partial charge >= 0.3 is 6.18 Å². The molecule has 1 aliphatic heterocycles. The third-order valence-electron chi connectivity index (χ3n) is 5.09. The minimum atomic E-state index is -4.46. The minimum absolute atomic E-state index is 0.0421. The molecule has 4 nitrogen and oxygen atoms in total. The Morgan fingerprint density at radius 3 is 2.66 bits per heavy atom. The van der Waals surface area contributed by atoms with Crippen LogP contribution in [0.3, 0.4) is 0 Å². The van der Waals surface area contributed by atoms with Crippen molar-refractivity contribution in [3.63, 3.8) is 0 Å². The highest BCUT2D eigenvalue weighted by atomic mass is 19.4. The average Bonchev–Trinajstić information content (AvgIpc) is 2.69. The normalized spacial score (nSPS) is 18.1. The van der Waals surface area contributed by atoms with Gasteiger partial charge in [-0.2, -0.15) is 13.2 Å². The van der Waals surface area contributed by atoms with Crippen LogP contribution in [-0.4, -0.2) is 50.0 Å². The molecule has 1 aliphatic rings. The van der Waals surface area contributed by atoms with E-state index >= 15 is 0 Å². The summed E-state index contributed by atoms with van der Waals surface area (Å²) in [7, 11) is 0. The van der Waals surface area contributed by atoms with Gasteiger partial charge in [-0.15, -0.1) is 0 Å². The van der Waals surface area contributed by atoms with Crippen LogP contribution in [0.15, 0.2) is 52.7 Å². The maximum atomic E-state index is 13.5. The summed E-state index contributed by atoms with van der Waals surface area (Å²) >= 11 is 0. The average molecular weight is 409 g/mol. The Balaban J connectivity index is 2.17. The Labute approximate surface area is 171 Å². The first-order valence-electron chi connectivity index (χ1n) is 10.0. The molecular formula is C22H31F3N4. The first-order chi connectivity index (χ1) is 13.9. The molecule has 0 spiro atoms. The molecule has 0 aromatic heterocycles. The van der Waals surface area contributed by atoms with E-state index in [4.69, 9.17) is 5.73 Å². The van der Waals surface area contributed by atoms with Gasteiger partial charge in [0.05, 0.1) is 11.3 Å². The molecule has 0 bridgehead atoms. The number of allylic oxidation sites excluding steroid dienone is 3. The number of fused-ring (bicyclic) bond motifs is 1. The summed E-state index contributed by atoms with van der Waals surface area (Å²) < 4.78 is 40.4. The first kappa shape index (κ1) is 23.3. The number of alkyl halides is 3. The quantitative estimate of drug-likeness (QED) is 0.351. The standard InChI is InChI=1S/C22H31F3N4/c1-3-8-20(22(23,24)25)21(27-2)16-29(12-7-6-11-26)15-19-13-17-9-4-5-10-18(17)14-28-19/h3-5,8-10,19,28H,2,6-7,11-16,26H2,1H3/b8-3-,21-20+/t19-/m1/s1. The smallest absolute Gasteiger partial charge is 0.330 e. The Kier molecular flexibility index (Phi) is 9.07. The predicted molar refractivity (Wildman–Crippen MR) is 113 cm³/mol. The number of aliphatic imine (C=N–C) groups is 1. The molecule has 3 N–H and O–H groups in total. The number of nitrogens with zero attached hydrogens (tertiary/aromatic N) is 2. The molecule has 0 radical (unpaired) electrons. The number of rotatable bonds is 10. The molecule has 0 amide bonds. The van der Waals surface area contributed by atoms with Crippen LogP contribution in [-0.2, 0) is 13.0 Å². The number of halogens is 3. The third kappa shape index (κ3) is 7.10. The minimum Gasteiger partial charge on any atom is -0.330 e. The van der Waals surface area contributed by atoms with Gasteiger partial charge in [-0.25, -0.2) is 0 Å². The molecule has 0 fully saturated rings. The summed E-state index contributed by atoms with van der Waals surface area (Å²) in [6.45, 7) is 7.71. The van der Waals surface area contributed by atoms with Crippen molar-refractivity contribution in [3.05, 3.63) is 58.8 Å². The zero-order valence-electron chi connectivity index (χ0n) is 17.0. The van der Waals surface area contributed by atoms with Crippen molar-refractivity contribution in [1.82, 2.24) is 10.2 Å². The van der Waals surface area contributed by atoms with Crippen LogP contribution in [0.1, 0.15) is 30.9 Å². The summed E-state index contributed by atoms with van der Waals surface area (Å²) in [5.74, 6) is 0. The largest absolute Gasteiger partial charge is 0.418 e. The fourth-order valence-corrected chi connectivity index (χ4v) is 3.63. The highest BCUT2D eigenvalue weighted by molar-refractivity contribution is 5.37. The lowest BCUT2D eigenvalue weighted by Gasteiger charge is -2.32. The molecule has 1 aromatic carbocycles. The Morgan fingerprint density at radius 1 is 1.31 bits per heavy atom. The molecular weight excluding hydrogens is 377 g/mol. The van der Waals surface area contributed by atoms with Gasteiger partial charge in [0.2, 0.25) is 0 Å². The van der Waals surface area contributed by atoms with E-state index < -0.39 is 11.7 Å². The van der Waals surface area contributed by atoms with Gasteiger partial charge in [0.1, 0.15) is 0 Å². The van der Waals surface area contributed by atoms with Crippen LogP contribution in [0.2, 0.25) is 0 Å². The number of hydrogen-bond acceptors (Lipinski definition) is 4. The summed E-state index contributed by atoms with van der Waals surface area (Å²) in [5.41, 5.74) is 7.39. The van der Waals surface area contributed by atoms with Gasteiger partial charge in [0, 0.05) is 25.7 Å². The van der Waals surface area contributed by atoms with E-state index in [1.54, 1.807) is 6.92 Å². The van der Waals surface area contributed by atoms with Crippen molar-refractivity contribution in [1.29, 1.82) is 0 Å². The molecule has 0 saturated heterocycles. The number of unbranched alkanes of at least 4 members (excludes halogenated alkanes) is 1. The van der Waals surface area contributed by atoms with Crippen molar-refractivity contribution in [2.45, 2.75) is 44.9 Å². The SMILES string of the molecule is C=N/C(CN(CCCCN)C[C@H]1Cc2ccccc2CN1)=C(\C=C/C)C(F)(F)F. The highest BCUT2D eigenvalue weighted by Crippen LogP contribution is 2.30. The van der Waals surface area contributed by atoms with Gasteiger partial charge < -0.3 is 11.1 Å². The Morgan fingerprint density at radius 2 is 2.03 bits per heavy atom. The van der Waals surface area contributed by atoms with Gasteiger partial charge in [-0.1, -0.05) is 36.4 Å². The number of hydrogen-bond donors (Lipinski definition) is 2. The van der Waals surface area contributed by atoms with Gasteiger partial charge in [-0.05, 0) is 57.1 Å². The van der Waals surface area contributed by atoms with Gasteiger partial charge in [0.15, 0.2) is 0 Å². The number of nitrogens with one attached hydrogen (secondary N) is 1. The van der Waals surface area contributed by atoms with Gasteiger partial charge in [-0.3, -0.25) is 9.89 Å². The lowest BCUT2D eigenvalue weighted by atomic mass is 9.95. The van der Waals surface area contributed by atoms with E-state index in [9.17, 15) is 13.2 Å². The van der Waals surface area contributed by atoms with Crippen molar-refractivity contribution < 1.29 is 13.2 Å². The fraction of sp³-hybridized carbons (Fsp3) is 0.500. The van der Waals surface area contributed by atoms with E-state index in [1.165, 1.54) is 17.2 Å². The second-order valence-electron chi connectivity index (χ2n) is 7.30. The summed E-state index contributed by atoms with van der Waals surface area (Å²) in [5, 5.41) is 3.51. The Bertz CT molecular complexity index is 725. The lowest BCUT2D eigenvalue weighted by molar-refractivity contribution is -0.0893. The highest BCUT2D eigenvalue weighted by Gasteiger charge is 2.35.